The SMILES string of the molecule is CC(CCS)CCSc1nncn1C. The zero-order chi connectivity index (χ0) is 10.4. The highest BCUT2D eigenvalue weighted by atomic mass is 32.2. The fourth-order valence-electron chi connectivity index (χ4n) is 1.12. The first-order valence-corrected chi connectivity index (χ1v) is 6.43. The highest BCUT2D eigenvalue weighted by molar-refractivity contribution is 7.99. The summed E-state index contributed by atoms with van der Waals surface area (Å²) in [5.74, 6) is 2.85. The van der Waals surface area contributed by atoms with E-state index < -0.39 is 0 Å². The lowest BCUT2D eigenvalue weighted by Crippen LogP contribution is -1.98. The summed E-state index contributed by atoms with van der Waals surface area (Å²) in [6.45, 7) is 2.27. The van der Waals surface area contributed by atoms with E-state index in [0.29, 0.717) is 0 Å². The number of rotatable bonds is 6. The van der Waals surface area contributed by atoms with Crippen molar-refractivity contribution in [3.05, 3.63) is 6.33 Å². The molecule has 0 aliphatic rings. The maximum atomic E-state index is 4.22. The molecule has 1 aromatic heterocycles. The number of hydrogen-bond acceptors (Lipinski definition) is 4. The van der Waals surface area contributed by atoms with E-state index in [0.717, 1.165) is 22.6 Å². The minimum absolute atomic E-state index is 0.758. The second-order valence-corrected chi connectivity index (χ2v) is 4.99. The molecule has 0 radical (unpaired) electrons. The standard InChI is InChI=1S/C9H17N3S2/c1-8(3-5-13)4-6-14-9-11-10-7-12(9)2/h7-8,13H,3-6H2,1-2H3. The van der Waals surface area contributed by atoms with Crippen LogP contribution in [0.3, 0.4) is 0 Å². The Kier molecular flexibility index (Phi) is 5.40. The summed E-state index contributed by atoms with van der Waals surface area (Å²) < 4.78 is 1.95. The predicted octanol–water partition coefficient (Wildman–Crippen LogP) is 2.25. The van der Waals surface area contributed by atoms with Gasteiger partial charge in [0.05, 0.1) is 0 Å². The lowest BCUT2D eigenvalue weighted by Gasteiger charge is -2.08. The molecular formula is C9H17N3S2. The Bertz CT molecular complexity index is 262. The largest absolute Gasteiger partial charge is 0.312 e. The third kappa shape index (κ3) is 3.92. The van der Waals surface area contributed by atoms with Gasteiger partial charge < -0.3 is 4.57 Å². The molecule has 1 aromatic rings. The Balaban J connectivity index is 2.19. The van der Waals surface area contributed by atoms with Crippen LogP contribution in [0.25, 0.3) is 0 Å². The zero-order valence-electron chi connectivity index (χ0n) is 8.68. The summed E-state index contributed by atoms with van der Waals surface area (Å²) in [5.41, 5.74) is 0. The zero-order valence-corrected chi connectivity index (χ0v) is 10.4. The lowest BCUT2D eigenvalue weighted by atomic mass is 10.1. The third-order valence-electron chi connectivity index (χ3n) is 2.13. The summed E-state index contributed by atoms with van der Waals surface area (Å²) >= 11 is 6.00. The monoisotopic (exact) mass is 231 g/mol. The van der Waals surface area contributed by atoms with E-state index in [1.54, 1.807) is 18.1 Å². The molecule has 1 unspecified atom stereocenters. The summed E-state index contributed by atoms with van der Waals surface area (Å²) in [6.07, 6.45) is 4.15. The van der Waals surface area contributed by atoms with Crippen molar-refractivity contribution in [1.82, 2.24) is 14.8 Å². The summed E-state index contributed by atoms with van der Waals surface area (Å²) in [6, 6.07) is 0. The van der Waals surface area contributed by atoms with Gasteiger partial charge in [-0.2, -0.15) is 12.6 Å². The van der Waals surface area contributed by atoms with Crippen LogP contribution in [-0.2, 0) is 7.05 Å². The molecule has 0 bridgehead atoms. The Morgan fingerprint density at radius 1 is 1.57 bits per heavy atom. The second kappa shape index (κ2) is 6.35. The van der Waals surface area contributed by atoms with Crippen molar-refractivity contribution in [2.24, 2.45) is 13.0 Å². The van der Waals surface area contributed by atoms with Crippen molar-refractivity contribution >= 4 is 24.4 Å². The maximum absolute atomic E-state index is 4.22. The molecule has 1 atom stereocenters. The molecule has 1 rings (SSSR count). The molecule has 5 heteroatoms. The van der Waals surface area contributed by atoms with E-state index in [4.69, 9.17) is 0 Å². The highest BCUT2D eigenvalue weighted by Crippen LogP contribution is 2.18. The molecule has 14 heavy (non-hydrogen) atoms. The van der Waals surface area contributed by atoms with Crippen molar-refractivity contribution in [3.8, 4) is 0 Å². The summed E-state index contributed by atoms with van der Waals surface area (Å²) in [5, 5.41) is 8.86. The van der Waals surface area contributed by atoms with Gasteiger partial charge in [-0.25, -0.2) is 0 Å². The van der Waals surface area contributed by atoms with Crippen LogP contribution in [0, 0.1) is 5.92 Å². The maximum Gasteiger partial charge on any atom is 0.190 e. The fourth-order valence-corrected chi connectivity index (χ4v) is 2.62. The Labute approximate surface area is 95.1 Å². The van der Waals surface area contributed by atoms with E-state index in [2.05, 4.69) is 29.7 Å². The number of thiol groups is 1. The van der Waals surface area contributed by atoms with Crippen molar-refractivity contribution in [2.45, 2.75) is 24.9 Å². The van der Waals surface area contributed by atoms with E-state index in [1.165, 1.54) is 12.8 Å². The molecule has 0 saturated carbocycles. The van der Waals surface area contributed by atoms with Gasteiger partial charge >= 0.3 is 0 Å². The molecule has 0 aromatic carbocycles. The summed E-state index contributed by atoms with van der Waals surface area (Å²) in [4.78, 5) is 0. The molecular weight excluding hydrogens is 214 g/mol. The van der Waals surface area contributed by atoms with Crippen LogP contribution in [0.15, 0.2) is 11.5 Å². The van der Waals surface area contributed by atoms with Crippen LogP contribution in [0.2, 0.25) is 0 Å². The smallest absolute Gasteiger partial charge is 0.190 e. The van der Waals surface area contributed by atoms with Gasteiger partial charge in [-0.05, 0) is 24.5 Å². The number of aryl methyl sites for hydroxylation is 1. The molecule has 0 fully saturated rings. The predicted molar refractivity (Wildman–Crippen MR) is 64.0 cm³/mol. The normalized spacial score (nSPS) is 13.1. The van der Waals surface area contributed by atoms with Crippen LogP contribution < -0.4 is 0 Å². The summed E-state index contributed by atoms with van der Waals surface area (Å²) in [7, 11) is 1.97. The lowest BCUT2D eigenvalue weighted by molar-refractivity contribution is 0.553. The van der Waals surface area contributed by atoms with Gasteiger partial charge in [0, 0.05) is 12.8 Å². The quantitative estimate of drug-likeness (QED) is 0.602. The fraction of sp³-hybridized carbons (Fsp3) is 0.778. The molecule has 0 saturated heterocycles. The minimum atomic E-state index is 0.758. The molecule has 80 valence electrons. The van der Waals surface area contributed by atoms with Gasteiger partial charge in [0.25, 0.3) is 0 Å². The van der Waals surface area contributed by atoms with Crippen LogP contribution in [-0.4, -0.2) is 26.3 Å². The molecule has 0 spiro atoms. The Hall–Kier alpha value is -0.160. The van der Waals surface area contributed by atoms with E-state index in [-0.39, 0.29) is 0 Å². The van der Waals surface area contributed by atoms with Crippen molar-refractivity contribution in [3.63, 3.8) is 0 Å². The topological polar surface area (TPSA) is 30.7 Å². The molecule has 0 aliphatic heterocycles. The number of aromatic nitrogens is 3. The third-order valence-corrected chi connectivity index (χ3v) is 3.46. The van der Waals surface area contributed by atoms with Crippen LogP contribution in [0.5, 0.6) is 0 Å². The van der Waals surface area contributed by atoms with Crippen LogP contribution in [0.4, 0.5) is 0 Å². The average molecular weight is 231 g/mol. The van der Waals surface area contributed by atoms with Gasteiger partial charge in [0.15, 0.2) is 5.16 Å². The molecule has 1 heterocycles. The van der Waals surface area contributed by atoms with E-state index >= 15 is 0 Å². The van der Waals surface area contributed by atoms with Crippen LogP contribution in [0.1, 0.15) is 19.8 Å². The highest BCUT2D eigenvalue weighted by Gasteiger charge is 2.04. The number of nitrogens with zero attached hydrogens (tertiary/aromatic N) is 3. The molecule has 3 nitrogen and oxygen atoms in total. The second-order valence-electron chi connectivity index (χ2n) is 3.48. The Morgan fingerprint density at radius 3 is 2.93 bits per heavy atom. The number of hydrogen-bond donors (Lipinski definition) is 1. The Morgan fingerprint density at radius 2 is 2.36 bits per heavy atom. The van der Waals surface area contributed by atoms with Gasteiger partial charge in [-0.15, -0.1) is 10.2 Å². The molecule has 0 N–H and O–H groups in total. The van der Waals surface area contributed by atoms with Gasteiger partial charge in [-0.3, -0.25) is 0 Å². The average Bonchev–Trinajstić information content (AvgIpc) is 2.52. The molecule has 0 aliphatic carbocycles. The van der Waals surface area contributed by atoms with Gasteiger partial charge in [-0.1, -0.05) is 18.7 Å². The van der Waals surface area contributed by atoms with Crippen LogP contribution >= 0.6 is 24.4 Å². The first-order chi connectivity index (χ1) is 6.74. The number of thioether (sulfide) groups is 1. The van der Waals surface area contributed by atoms with Gasteiger partial charge in [0.1, 0.15) is 6.33 Å². The van der Waals surface area contributed by atoms with E-state index in [9.17, 15) is 0 Å². The minimum Gasteiger partial charge on any atom is -0.312 e. The van der Waals surface area contributed by atoms with Crippen molar-refractivity contribution < 1.29 is 0 Å². The van der Waals surface area contributed by atoms with Crippen molar-refractivity contribution in [1.29, 1.82) is 0 Å². The van der Waals surface area contributed by atoms with Gasteiger partial charge in [0.2, 0.25) is 0 Å². The first kappa shape index (κ1) is 11.9. The van der Waals surface area contributed by atoms with Crippen molar-refractivity contribution in [2.75, 3.05) is 11.5 Å². The first-order valence-electron chi connectivity index (χ1n) is 4.81. The molecule has 0 amide bonds. The van der Waals surface area contributed by atoms with E-state index in [1.807, 2.05) is 11.6 Å².